The maximum Gasteiger partial charge on any atom is 0.0874 e. The van der Waals surface area contributed by atoms with Gasteiger partial charge in [0.2, 0.25) is 0 Å². The van der Waals surface area contributed by atoms with Gasteiger partial charge in [0.15, 0.2) is 0 Å². The largest absolute Gasteiger partial charge is 0.316 e. The molecule has 1 fully saturated rings. The number of benzene rings is 1. The summed E-state index contributed by atoms with van der Waals surface area (Å²) in [6.45, 7) is 5.18. The summed E-state index contributed by atoms with van der Waals surface area (Å²) >= 11 is 0. The molecule has 2 aromatic rings. The normalized spacial score (nSPS) is 22.8. The van der Waals surface area contributed by atoms with E-state index in [1.807, 2.05) is 10.7 Å². The average Bonchev–Trinajstić information content (AvgIpc) is 3.07. The highest BCUT2D eigenvalue weighted by Gasteiger charge is 2.29. The molecule has 0 saturated carbocycles. The molecule has 2 atom stereocenters. The zero-order valence-corrected chi connectivity index (χ0v) is 11.3. The molecule has 100 valence electrons. The van der Waals surface area contributed by atoms with Crippen LogP contribution in [-0.4, -0.2) is 28.1 Å². The summed E-state index contributed by atoms with van der Waals surface area (Å²) in [5.74, 6) is 1.22. The molecule has 19 heavy (non-hydrogen) atoms. The number of hydrogen-bond acceptors (Lipinski definition) is 3. The standard InChI is InChI=1S/C15H20N4/c1-2-13-8-16-9-14(13)15-11-19(18-17-15)10-12-6-4-3-5-7-12/h3-7,11,13-14,16H,2,8-10H2,1H3. The van der Waals surface area contributed by atoms with Gasteiger partial charge in [-0.2, -0.15) is 0 Å². The van der Waals surface area contributed by atoms with E-state index < -0.39 is 0 Å². The molecule has 0 bridgehead atoms. The van der Waals surface area contributed by atoms with E-state index in [0.717, 1.165) is 25.3 Å². The zero-order chi connectivity index (χ0) is 13.1. The zero-order valence-electron chi connectivity index (χ0n) is 11.3. The molecular weight excluding hydrogens is 236 g/mol. The molecular formula is C15H20N4. The topological polar surface area (TPSA) is 42.7 Å². The lowest BCUT2D eigenvalue weighted by atomic mass is 9.91. The van der Waals surface area contributed by atoms with Crippen LogP contribution in [0.25, 0.3) is 0 Å². The van der Waals surface area contributed by atoms with Crippen molar-refractivity contribution in [2.45, 2.75) is 25.8 Å². The predicted octanol–water partition coefficient (Wildman–Crippen LogP) is 2.04. The van der Waals surface area contributed by atoms with Gasteiger partial charge in [-0.1, -0.05) is 48.9 Å². The molecule has 1 aromatic carbocycles. The Labute approximate surface area is 113 Å². The van der Waals surface area contributed by atoms with Gasteiger partial charge in [-0.15, -0.1) is 5.10 Å². The van der Waals surface area contributed by atoms with Crippen LogP contribution >= 0.6 is 0 Å². The Morgan fingerprint density at radius 3 is 2.89 bits per heavy atom. The van der Waals surface area contributed by atoms with Crippen LogP contribution in [0.15, 0.2) is 36.5 Å². The lowest BCUT2D eigenvalue weighted by molar-refractivity contribution is 0.494. The van der Waals surface area contributed by atoms with Crippen LogP contribution in [0.4, 0.5) is 0 Å². The second-order valence-corrected chi connectivity index (χ2v) is 5.26. The third kappa shape index (κ3) is 2.68. The first kappa shape index (κ1) is 12.4. The molecule has 2 unspecified atom stereocenters. The van der Waals surface area contributed by atoms with E-state index in [2.05, 4.69) is 53.0 Å². The van der Waals surface area contributed by atoms with E-state index in [4.69, 9.17) is 0 Å². The van der Waals surface area contributed by atoms with Crippen molar-refractivity contribution in [3.8, 4) is 0 Å². The molecule has 1 N–H and O–H groups in total. The van der Waals surface area contributed by atoms with Crippen LogP contribution in [0.2, 0.25) is 0 Å². The number of aromatic nitrogens is 3. The Hall–Kier alpha value is -1.68. The fourth-order valence-electron chi connectivity index (χ4n) is 2.84. The van der Waals surface area contributed by atoms with E-state index in [0.29, 0.717) is 11.8 Å². The van der Waals surface area contributed by atoms with Crippen LogP contribution in [-0.2, 0) is 6.54 Å². The number of nitrogens with zero attached hydrogens (tertiary/aromatic N) is 3. The molecule has 1 aliphatic heterocycles. The van der Waals surface area contributed by atoms with E-state index in [-0.39, 0.29) is 0 Å². The van der Waals surface area contributed by atoms with Gasteiger partial charge < -0.3 is 5.32 Å². The highest BCUT2D eigenvalue weighted by atomic mass is 15.4. The molecule has 0 radical (unpaired) electrons. The van der Waals surface area contributed by atoms with Crippen molar-refractivity contribution < 1.29 is 0 Å². The maximum absolute atomic E-state index is 4.37. The van der Waals surface area contributed by atoms with Gasteiger partial charge >= 0.3 is 0 Å². The molecule has 3 rings (SSSR count). The maximum atomic E-state index is 4.37. The highest BCUT2D eigenvalue weighted by Crippen LogP contribution is 2.28. The van der Waals surface area contributed by atoms with Crippen molar-refractivity contribution in [2.75, 3.05) is 13.1 Å². The minimum atomic E-state index is 0.523. The van der Waals surface area contributed by atoms with Crippen molar-refractivity contribution >= 4 is 0 Å². The quantitative estimate of drug-likeness (QED) is 0.910. The summed E-state index contributed by atoms with van der Waals surface area (Å²) in [5.41, 5.74) is 2.39. The third-order valence-electron chi connectivity index (χ3n) is 3.99. The molecule has 1 aromatic heterocycles. The van der Waals surface area contributed by atoms with Gasteiger partial charge in [0, 0.05) is 18.7 Å². The summed E-state index contributed by atoms with van der Waals surface area (Å²) < 4.78 is 1.94. The fourth-order valence-corrected chi connectivity index (χ4v) is 2.84. The molecule has 4 heteroatoms. The van der Waals surface area contributed by atoms with Crippen LogP contribution in [0.3, 0.4) is 0 Å². The smallest absolute Gasteiger partial charge is 0.0874 e. The fraction of sp³-hybridized carbons (Fsp3) is 0.467. The summed E-state index contributed by atoms with van der Waals surface area (Å²) in [5, 5.41) is 12.1. The molecule has 4 nitrogen and oxygen atoms in total. The molecule has 1 aliphatic rings. The van der Waals surface area contributed by atoms with Crippen LogP contribution < -0.4 is 5.32 Å². The van der Waals surface area contributed by atoms with E-state index in [1.165, 1.54) is 12.0 Å². The van der Waals surface area contributed by atoms with Gasteiger partial charge in [-0.05, 0) is 18.0 Å². The molecule has 1 saturated heterocycles. The van der Waals surface area contributed by atoms with Crippen molar-refractivity contribution in [3.05, 3.63) is 47.8 Å². The Balaban J connectivity index is 1.73. The van der Waals surface area contributed by atoms with Gasteiger partial charge in [-0.3, -0.25) is 0 Å². The SMILES string of the molecule is CCC1CNCC1c1cn(Cc2ccccc2)nn1. The molecule has 0 amide bonds. The summed E-state index contributed by atoms with van der Waals surface area (Å²) in [7, 11) is 0. The summed E-state index contributed by atoms with van der Waals surface area (Å²) in [4.78, 5) is 0. The average molecular weight is 256 g/mol. The number of hydrogen-bond donors (Lipinski definition) is 1. The van der Waals surface area contributed by atoms with Crippen molar-refractivity contribution in [1.82, 2.24) is 20.3 Å². The minimum absolute atomic E-state index is 0.523. The predicted molar refractivity (Wildman–Crippen MR) is 75.0 cm³/mol. The van der Waals surface area contributed by atoms with E-state index in [9.17, 15) is 0 Å². The Bertz CT molecular complexity index is 520. The van der Waals surface area contributed by atoms with Gasteiger partial charge in [-0.25, -0.2) is 4.68 Å². The lowest BCUT2D eigenvalue weighted by Crippen LogP contribution is -2.09. The van der Waals surface area contributed by atoms with Crippen LogP contribution in [0.5, 0.6) is 0 Å². The van der Waals surface area contributed by atoms with Crippen LogP contribution in [0, 0.1) is 5.92 Å². The minimum Gasteiger partial charge on any atom is -0.316 e. The lowest BCUT2D eigenvalue weighted by Gasteiger charge is -2.12. The first-order chi connectivity index (χ1) is 9.36. The summed E-state index contributed by atoms with van der Waals surface area (Å²) in [6, 6.07) is 10.4. The second-order valence-electron chi connectivity index (χ2n) is 5.26. The van der Waals surface area contributed by atoms with E-state index >= 15 is 0 Å². The third-order valence-corrected chi connectivity index (χ3v) is 3.99. The van der Waals surface area contributed by atoms with Crippen molar-refractivity contribution in [3.63, 3.8) is 0 Å². The first-order valence-corrected chi connectivity index (χ1v) is 7.01. The number of nitrogens with one attached hydrogen (secondary N) is 1. The molecule has 0 aliphatic carbocycles. The monoisotopic (exact) mass is 256 g/mol. The molecule has 0 spiro atoms. The Morgan fingerprint density at radius 1 is 1.26 bits per heavy atom. The second kappa shape index (κ2) is 5.53. The Morgan fingerprint density at radius 2 is 2.11 bits per heavy atom. The highest BCUT2D eigenvalue weighted by molar-refractivity contribution is 5.15. The van der Waals surface area contributed by atoms with Gasteiger partial charge in [0.25, 0.3) is 0 Å². The van der Waals surface area contributed by atoms with Crippen molar-refractivity contribution in [1.29, 1.82) is 0 Å². The van der Waals surface area contributed by atoms with Gasteiger partial charge in [0.1, 0.15) is 0 Å². The summed E-state index contributed by atoms with van der Waals surface area (Å²) in [6.07, 6.45) is 3.30. The first-order valence-electron chi connectivity index (χ1n) is 7.01. The number of rotatable bonds is 4. The van der Waals surface area contributed by atoms with Crippen molar-refractivity contribution in [2.24, 2.45) is 5.92 Å². The molecule has 2 heterocycles. The van der Waals surface area contributed by atoms with Crippen LogP contribution in [0.1, 0.15) is 30.5 Å². The Kier molecular flexibility index (Phi) is 3.60. The van der Waals surface area contributed by atoms with E-state index in [1.54, 1.807) is 0 Å². The van der Waals surface area contributed by atoms with Gasteiger partial charge in [0.05, 0.1) is 12.2 Å².